The van der Waals surface area contributed by atoms with Crippen molar-refractivity contribution in [3.63, 3.8) is 0 Å². The average molecular weight is 502 g/mol. The highest BCUT2D eigenvalue weighted by Crippen LogP contribution is 2.31. The van der Waals surface area contributed by atoms with Gasteiger partial charge in [-0.15, -0.1) is 0 Å². The standard InChI is InChI=1S/C22H20F6N4O3/c1-4-8-31-12(3)30-32(21(31)34)17-10-18(35-11(2)22(26,27)28)13(9-16(17)25)20(33)29-19-14(23)6-5-7-15(19)24/h5-7,9-11H,4,8H2,1-3H3,(H,29,33)/t11-/m0/s1. The number of benzene rings is 2. The first-order chi connectivity index (χ1) is 16.3. The molecule has 0 spiro atoms. The summed E-state index contributed by atoms with van der Waals surface area (Å²) in [5, 5.41) is 5.81. The lowest BCUT2D eigenvalue weighted by Crippen LogP contribution is -2.32. The molecule has 0 fully saturated rings. The molecule has 1 amide bonds. The number of carbonyl (C=O) groups excluding carboxylic acids is 1. The highest BCUT2D eigenvalue weighted by Gasteiger charge is 2.39. The van der Waals surface area contributed by atoms with Crippen molar-refractivity contribution in [2.45, 2.75) is 46.0 Å². The van der Waals surface area contributed by atoms with Crippen molar-refractivity contribution in [2.75, 3.05) is 5.32 Å². The molecule has 0 radical (unpaired) electrons. The van der Waals surface area contributed by atoms with Gasteiger partial charge in [0.15, 0.2) is 6.10 Å². The molecule has 0 saturated carbocycles. The predicted octanol–water partition coefficient (Wildman–Crippen LogP) is 4.75. The zero-order valence-corrected chi connectivity index (χ0v) is 18.7. The summed E-state index contributed by atoms with van der Waals surface area (Å²) < 4.78 is 89.2. The van der Waals surface area contributed by atoms with Crippen LogP contribution in [0.4, 0.5) is 32.0 Å². The Morgan fingerprint density at radius 1 is 1.14 bits per heavy atom. The minimum atomic E-state index is -4.87. The fourth-order valence-electron chi connectivity index (χ4n) is 3.17. The predicted molar refractivity (Wildman–Crippen MR) is 113 cm³/mol. The lowest BCUT2D eigenvalue weighted by Gasteiger charge is -2.20. The number of ether oxygens (including phenoxy) is 1. The molecule has 0 aliphatic carbocycles. The number of hydrogen-bond donors (Lipinski definition) is 1. The van der Waals surface area contributed by atoms with Crippen LogP contribution in [0.25, 0.3) is 5.69 Å². The van der Waals surface area contributed by atoms with Crippen LogP contribution in [0.15, 0.2) is 35.1 Å². The SMILES string of the molecule is CCCn1c(C)nn(-c2cc(O[C@@H](C)C(F)(F)F)c(C(=O)Nc3c(F)cccc3F)cc2F)c1=O. The number of amides is 1. The van der Waals surface area contributed by atoms with Crippen molar-refractivity contribution >= 4 is 11.6 Å². The highest BCUT2D eigenvalue weighted by atomic mass is 19.4. The number of rotatable bonds is 7. The Morgan fingerprint density at radius 2 is 1.77 bits per heavy atom. The van der Waals surface area contributed by atoms with Crippen molar-refractivity contribution in [3.05, 3.63) is 69.7 Å². The number of aryl methyl sites for hydroxylation is 1. The van der Waals surface area contributed by atoms with Crippen molar-refractivity contribution < 1.29 is 35.9 Å². The molecule has 0 bridgehead atoms. The number of aromatic nitrogens is 3. The Balaban J connectivity index is 2.14. The molecule has 1 N–H and O–H groups in total. The number of anilines is 1. The van der Waals surface area contributed by atoms with Crippen LogP contribution in [0.2, 0.25) is 0 Å². The maximum absolute atomic E-state index is 15.0. The van der Waals surface area contributed by atoms with E-state index in [4.69, 9.17) is 4.74 Å². The molecule has 0 unspecified atom stereocenters. The quantitative estimate of drug-likeness (QED) is 0.473. The lowest BCUT2D eigenvalue weighted by molar-refractivity contribution is -0.189. The molecule has 35 heavy (non-hydrogen) atoms. The van der Waals surface area contributed by atoms with Crippen LogP contribution >= 0.6 is 0 Å². The average Bonchev–Trinajstić information content (AvgIpc) is 3.05. The third-order valence-corrected chi connectivity index (χ3v) is 4.98. The fourth-order valence-corrected chi connectivity index (χ4v) is 3.17. The number of alkyl halides is 3. The van der Waals surface area contributed by atoms with Crippen LogP contribution in [0.3, 0.4) is 0 Å². The third kappa shape index (κ3) is 5.33. The van der Waals surface area contributed by atoms with Gasteiger partial charge < -0.3 is 10.1 Å². The van der Waals surface area contributed by atoms with Crippen molar-refractivity contribution in [3.8, 4) is 11.4 Å². The Kier molecular flexibility index (Phi) is 7.27. The normalized spacial score (nSPS) is 12.5. The van der Waals surface area contributed by atoms with Crippen LogP contribution in [-0.4, -0.2) is 32.5 Å². The van der Waals surface area contributed by atoms with Gasteiger partial charge in [0, 0.05) is 12.6 Å². The van der Waals surface area contributed by atoms with Gasteiger partial charge in [-0.2, -0.15) is 23.0 Å². The maximum atomic E-state index is 15.0. The molecule has 188 valence electrons. The number of para-hydroxylation sites is 1. The van der Waals surface area contributed by atoms with Gasteiger partial charge in [0.05, 0.1) is 5.56 Å². The van der Waals surface area contributed by atoms with Gasteiger partial charge in [0.1, 0.15) is 40.4 Å². The number of halogens is 6. The monoisotopic (exact) mass is 502 g/mol. The second-order valence-corrected chi connectivity index (χ2v) is 7.55. The summed E-state index contributed by atoms with van der Waals surface area (Å²) in [6.07, 6.45) is -6.76. The second-order valence-electron chi connectivity index (χ2n) is 7.55. The molecule has 3 rings (SSSR count). The van der Waals surface area contributed by atoms with Gasteiger partial charge in [0.2, 0.25) is 0 Å². The highest BCUT2D eigenvalue weighted by molar-refractivity contribution is 6.06. The molecule has 0 aliphatic rings. The zero-order valence-electron chi connectivity index (χ0n) is 18.7. The molecular weight excluding hydrogens is 482 g/mol. The summed E-state index contributed by atoms with van der Waals surface area (Å²) in [5.74, 6) is -5.44. The van der Waals surface area contributed by atoms with Crippen LogP contribution in [0, 0.1) is 24.4 Å². The summed E-state index contributed by atoms with van der Waals surface area (Å²) in [4.78, 5) is 25.4. The minimum Gasteiger partial charge on any atom is -0.480 e. The Hall–Kier alpha value is -3.77. The fraction of sp³-hybridized carbons (Fsp3) is 0.318. The first kappa shape index (κ1) is 25.8. The summed E-state index contributed by atoms with van der Waals surface area (Å²) in [6, 6.07) is 3.92. The summed E-state index contributed by atoms with van der Waals surface area (Å²) in [5.41, 5.74) is -3.01. The van der Waals surface area contributed by atoms with E-state index in [9.17, 15) is 31.5 Å². The third-order valence-electron chi connectivity index (χ3n) is 4.98. The first-order valence-corrected chi connectivity index (χ1v) is 10.3. The van der Waals surface area contributed by atoms with E-state index in [2.05, 4.69) is 5.10 Å². The van der Waals surface area contributed by atoms with Crippen LogP contribution in [-0.2, 0) is 6.54 Å². The van der Waals surface area contributed by atoms with E-state index in [1.54, 1.807) is 6.92 Å². The van der Waals surface area contributed by atoms with E-state index in [1.165, 1.54) is 11.5 Å². The van der Waals surface area contributed by atoms with Crippen LogP contribution < -0.4 is 15.7 Å². The maximum Gasteiger partial charge on any atom is 0.425 e. The first-order valence-electron chi connectivity index (χ1n) is 10.3. The van der Waals surface area contributed by atoms with Gasteiger partial charge in [-0.3, -0.25) is 9.36 Å². The molecule has 7 nitrogen and oxygen atoms in total. The Labute approximate surface area is 194 Å². The Morgan fingerprint density at radius 3 is 2.34 bits per heavy atom. The molecule has 0 saturated heterocycles. The molecular formula is C22H20F6N4O3. The van der Waals surface area contributed by atoms with Crippen LogP contribution in [0.1, 0.15) is 36.5 Å². The molecule has 13 heteroatoms. The number of nitrogens with one attached hydrogen (secondary N) is 1. The molecule has 2 aromatic carbocycles. The van der Waals surface area contributed by atoms with E-state index in [0.29, 0.717) is 30.2 Å². The van der Waals surface area contributed by atoms with E-state index >= 15 is 4.39 Å². The van der Waals surface area contributed by atoms with Crippen molar-refractivity contribution in [1.82, 2.24) is 14.3 Å². The Bertz CT molecular complexity index is 1300. The number of hydrogen-bond acceptors (Lipinski definition) is 4. The van der Waals surface area contributed by atoms with Gasteiger partial charge in [-0.1, -0.05) is 13.0 Å². The van der Waals surface area contributed by atoms with Crippen molar-refractivity contribution in [2.24, 2.45) is 0 Å². The molecule has 0 aliphatic heterocycles. The summed E-state index contributed by atoms with van der Waals surface area (Å²) in [6.45, 7) is 4.18. The van der Waals surface area contributed by atoms with E-state index < -0.39 is 64.0 Å². The summed E-state index contributed by atoms with van der Waals surface area (Å²) >= 11 is 0. The van der Waals surface area contributed by atoms with Gasteiger partial charge in [0.25, 0.3) is 5.91 Å². The molecule has 1 heterocycles. The largest absolute Gasteiger partial charge is 0.480 e. The number of nitrogens with zero attached hydrogens (tertiary/aromatic N) is 3. The lowest BCUT2D eigenvalue weighted by atomic mass is 10.1. The topological polar surface area (TPSA) is 78.2 Å². The molecule has 3 aromatic rings. The molecule has 1 aromatic heterocycles. The van der Waals surface area contributed by atoms with Gasteiger partial charge in [-0.05, 0) is 38.5 Å². The zero-order chi connectivity index (χ0) is 26.1. The van der Waals surface area contributed by atoms with E-state index in [0.717, 1.165) is 18.2 Å². The van der Waals surface area contributed by atoms with E-state index in [-0.39, 0.29) is 12.4 Å². The summed E-state index contributed by atoms with van der Waals surface area (Å²) in [7, 11) is 0. The van der Waals surface area contributed by atoms with Gasteiger partial charge in [-0.25, -0.2) is 18.0 Å². The molecule has 1 atom stereocenters. The smallest absolute Gasteiger partial charge is 0.425 e. The second kappa shape index (κ2) is 9.84. The van der Waals surface area contributed by atoms with E-state index in [1.807, 2.05) is 5.32 Å². The van der Waals surface area contributed by atoms with Crippen LogP contribution in [0.5, 0.6) is 5.75 Å². The minimum absolute atomic E-state index is 0.222. The number of carbonyl (C=O) groups is 1. The van der Waals surface area contributed by atoms with Gasteiger partial charge >= 0.3 is 11.9 Å². The van der Waals surface area contributed by atoms with Crippen molar-refractivity contribution in [1.29, 1.82) is 0 Å².